The zero-order valence-electron chi connectivity index (χ0n) is 16.8. The van der Waals surface area contributed by atoms with Crippen molar-refractivity contribution in [3.8, 4) is 11.5 Å². The molecule has 158 valence electrons. The number of ether oxygens (including phenoxy) is 2. The Kier molecular flexibility index (Phi) is 6.59. The lowest BCUT2D eigenvalue weighted by Crippen LogP contribution is -2.43. The van der Waals surface area contributed by atoms with Gasteiger partial charge in [-0.05, 0) is 31.3 Å². The first-order valence-corrected chi connectivity index (χ1v) is 9.57. The van der Waals surface area contributed by atoms with Crippen molar-refractivity contribution < 1.29 is 23.9 Å². The Bertz CT molecular complexity index is 981. The first kappa shape index (κ1) is 21.6. The van der Waals surface area contributed by atoms with E-state index in [-0.39, 0.29) is 24.8 Å². The molecule has 0 spiro atoms. The molecule has 0 unspecified atom stereocenters. The largest absolute Gasteiger partial charge is 0.493 e. The van der Waals surface area contributed by atoms with Crippen molar-refractivity contribution in [1.82, 2.24) is 4.90 Å². The van der Waals surface area contributed by atoms with Crippen LogP contribution in [0.2, 0.25) is 5.02 Å². The highest BCUT2D eigenvalue weighted by atomic mass is 35.5. The summed E-state index contributed by atoms with van der Waals surface area (Å²) in [5.41, 5.74) is 0.873. The number of methoxy groups -OCH3 is 2. The van der Waals surface area contributed by atoms with E-state index in [4.69, 9.17) is 21.1 Å². The van der Waals surface area contributed by atoms with E-state index in [0.717, 1.165) is 4.90 Å². The third-order valence-corrected chi connectivity index (χ3v) is 5.15. The molecule has 8 nitrogen and oxygen atoms in total. The first-order chi connectivity index (χ1) is 14.3. The molecule has 1 aliphatic rings. The molecule has 1 heterocycles. The maximum atomic E-state index is 12.9. The Morgan fingerprint density at radius 2 is 1.87 bits per heavy atom. The Morgan fingerprint density at radius 1 is 1.17 bits per heavy atom. The lowest BCUT2D eigenvalue weighted by Gasteiger charge is -2.22. The number of nitrogens with one attached hydrogen (secondary N) is 1. The van der Waals surface area contributed by atoms with Crippen molar-refractivity contribution in [2.75, 3.05) is 38.0 Å². The van der Waals surface area contributed by atoms with Crippen LogP contribution >= 0.6 is 11.6 Å². The molecule has 0 saturated carbocycles. The van der Waals surface area contributed by atoms with Gasteiger partial charge in [-0.3, -0.25) is 19.3 Å². The highest BCUT2D eigenvalue weighted by molar-refractivity contribution is 6.33. The SMILES string of the molecule is COc1ccc(N2C(=O)C[C@H](N(C)CC(=O)Nc3ccccc3Cl)C2=O)cc1OC. The smallest absolute Gasteiger partial charge is 0.251 e. The average Bonchev–Trinajstić information content (AvgIpc) is 3.03. The van der Waals surface area contributed by atoms with Crippen LogP contribution in [-0.2, 0) is 14.4 Å². The van der Waals surface area contributed by atoms with Gasteiger partial charge < -0.3 is 14.8 Å². The second kappa shape index (κ2) is 9.15. The Morgan fingerprint density at radius 3 is 2.53 bits per heavy atom. The minimum atomic E-state index is -0.748. The summed E-state index contributed by atoms with van der Waals surface area (Å²) in [6.07, 6.45) is -0.0248. The number of imide groups is 1. The Labute approximate surface area is 179 Å². The van der Waals surface area contributed by atoms with Gasteiger partial charge in [-0.2, -0.15) is 0 Å². The molecule has 9 heteroatoms. The van der Waals surface area contributed by atoms with Crippen LogP contribution in [0.15, 0.2) is 42.5 Å². The number of carbonyl (C=O) groups is 3. The normalized spacial score (nSPS) is 16.2. The predicted octanol–water partition coefficient (Wildman–Crippen LogP) is 2.56. The second-order valence-electron chi connectivity index (χ2n) is 6.77. The lowest BCUT2D eigenvalue weighted by atomic mass is 10.2. The summed E-state index contributed by atoms with van der Waals surface area (Å²) >= 11 is 6.05. The van der Waals surface area contributed by atoms with Gasteiger partial charge in [-0.1, -0.05) is 23.7 Å². The van der Waals surface area contributed by atoms with Gasteiger partial charge in [0.2, 0.25) is 11.8 Å². The monoisotopic (exact) mass is 431 g/mol. The summed E-state index contributed by atoms with van der Waals surface area (Å²) in [4.78, 5) is 40.5. The number of carbonyl (C=O) groups excluding carboxylic acids is 3. The summed E-state index contributed by atoms with van der Waals surface area (Å²) in [6, 6.07) is 10.9. The predicted molar refractivity (Wildman–Crippen MR) is 113 cm³/mol. The maximum absolute atomic E-state index is 12.9. The van der Waals surface area contributed by atoms with E-state index in [1.54, 1.807) is 54.4 Å². The molecule has 1 atom stereocenters. The van der Waals surface area contributed by atoms with Crippen molar-refractivity contribution in [1.29, 1.82) is 0 Å². The average molecular weight is 432 g/mol. The van der Waals surface area contributed by atoms with Gasteiger partial charge in [0.15, 0.2) is 11.5 Å². The van der Waals surface area contributed by atoms with Gasteiger partial charge in [0.25, 0.3) is 5.91 Å². The zero-order chi connectivity index (χ0) is 21.8. The van der Waals surface area contributed by atoms with Gasteiger partial charge in [0.1, 0.15) is 0 Å². The molecule has 0 radical (unpaired) electrons. The zero-order valence-corrected chi connectivity index (χ0v) is 17.6. The molecule has 2 aromatic carbocycles. The molecular formula is C21H22ClN3O5. The van der Waals surface area contributed by atoms with E-state index < -0.39 is 11.9 Å². The second-order valence-corrected chi connectivity index (χ2v) is 7.18. The van der Waals surface area contributed by atoms with Crippen LogP contribution in [-0.4, -0.2) is 56.5 Å². The van der Waals surface area contributed by atoms with Gasteiger partial charge in [-0.15, -0.1) is 0 Å². The number of nitrogens with zero attached hydrogens (tertiary/aromatic N) is 2. The van der Waals surface area contributed by atoms with Crippen LogP contribution < -0.4 is 19.7 Å². The fourth-order valence-electron chi connectivity index (χ4n) is 3.28. The highest BCUT2D eigenvalue weighted by Gasteiger charge is 2.42. The number of para-hydroxylation sites is 1. The number of benzene rings is 2. The molecule has 0 aliphatic carbocycles. The Balaban J connectivity index is 1.71. The van der Waals surface area contributed by atoms with Crippen LogP contribution in [0.5, 0.6) is 11.5 Å². The third kappa shape index (κ3) is 4.39. The van der Waals surface area contributed by atoms with Gasteiger partial charge in [0, 0.05) is 6.07 Å². The van der Waals surface area contributed by atoms with Gasteiger partial charge in [-0.25, -0.2) is 4.90 Å². The first-order valence-electron chi connectivity index (χ1n) is 9.19. The van der Waals surface area contributed by atoms with Crippen molar-refractivity contribution in [3.05, 3.63) is 47.5 Å². The fourth-order valence-corrected chi connectivity index (χ4v) is 3.47. The van der Waals surface area contributed by atoms with Crippen molar-refractivity contribution in [2.45, 2.75) is 12.5 Å². The van der Waals surface area contributed by atoms with Crippen molar-refractivity contribution >= 4 is 40.7 Å². The van der Waals surface area contributed by atoms with E-state index >= 15 is 0 Å². The number of anilines is 2. The fraction of sp³-hybridized carbons (Fsp3) is 0.286. The molecule has 0 aromatic heterocycles. The van der Waals surface area contributed by atoms with E-state index in [1.807, 2.05) is 0 Å². The molecule has 1 N–H and O–H groups in total. The minimum absolute atomic E-state index is 0.0248. The van der Waals surface area contributed by atoms with Gasteiger partial charge in [0.05, 0.1) is 49.6 Å². The van der Waals surface area contributed by atoms with E-state index in [0.29, 0.717) is 27.9 Å². The number of likely N-dealkylation sites (N-methyl/N-ethyl adjacent to an activating group) is 1. The number of halogens is 1. The number of hydrogen-bond donors (Lipinski definition) is 1. The number of rotatable bonds is 7. The summed E-state index contributed by atoms with van der Waals surface area (Å²) in [7, 11) is 4.60. The van der Waals surface area contributed by atoms with E-state index in [2.05, 4.69) is 5.32 Å². The van der Waals surface area contributed by atoms with Crippen molar-refractivity contribution in [3.63, 3.8) is 0 Å². The van der Waals surface area contributed by atoms with Crippen LogP contribution in [0.4, 0.5) is 11.4 Å². The molecule has 2 aromatic rings. The van der Waals surface area contributed by atoms with Crippen LogP contribution in [0, 0.1) is 0 Å². The Hall–Kier alpha value is -3.10. The third-order valence-electron chi connectivity index (χ3n) is 4.82. The van der Waals surface area contributed by atoms with Crippen LogP contribution in [0.3, 0.4) is 0 Å². The topological polar surface area (TPSA) is 88.2 Å². The molecule has 0 bridgehead atoms. The molecule has 30 heavy (non-hydrogen) atoms. The molecule has 1 fully saturated rings. The number of hydrogen-bond acceptors (Lipinski definition) is 6. The van der Waals surface area contributed by atoms with E-state index in [1.165, 1.54) is 14.2 Å². The minimum Gasteiger partial charge on any atom is -0.493 e. The summed E-state index contributed by atoms with van der Waals surface area (Å²) in [6.45, 7) is -0.0747. The lowest BCUT2D eigenvalue weighted by molar-refractivity contribution is -0.123. The van der Waals surface area contributed by atoms with Crippen LogP contribution in [0.1, 0.15) is 6.42 Å². The maximum Gasteiger partial charge on any atom is 0.251 e. The summed E-state index contributed by atoms with van der Waals surface area (Å²) in [5, 5.41) is 3.13. The van der Waals surface area contributed by atoms with Gasteiger partial charge >= 0.3 is 0 Å². The number of amides is 3. The van der Waals surface area contributed by atoms with E-state index in [9.17, 15) is 14.4 Å². The molecular weight excluding hydrogens is 410 g/mol. The molecule has 1 saturated heterocycles. The quantitative estimate of drug-likeness (QED) is 0.678. The molecule has 1 aliphatic heterocycles. The highest BCUT2D eigenvalue weighted by Crippen LogP contribution is 2.34. The summed E-state index contributed by atoms with van der Waals surface area (Å²) < 4.78 is 10.4. The van der Waals surface area contributed by atoms with Crippen LogP contribution in [0.25, 0.3) is 0 Å². The standard InChI is InChI=1S/C21H22ClN3O5/c1-24(12-19(26)23-15-7-5-4-6-14(15)22)16-11-20(27)25(21(16)28)13-8-9-17(29-2)18(10-13)30-3/h4-10,16H,11-12H2,1-3H3,(H,23,26)/t16-/m0/s1. The summed E-state index contributed by atoms with van der Waals surface area (Å²) in [5.74, 6) is -0.192. The van der Waals surface area contributed by atoms with Crippen molar-refractivity contribution in [2.24, 2.45) is 0 Å². The molecule has 3 amide bonds. The molecule has 3 rings (SSSR count).